The summed E-state index contributed by atoms with van der Waals surface area (Å²) in [4.78, 5) is 3.78. The van der Waals surface area contributed by atoms with Crippen molar-refractivity contribution in [1.82, 2.24) is 0 Å². The van der Waals surface area contributed by atoms with Gasteiger partial charge in [0, 0.05) is 5.92 Å². The van der Waals surface area contributed by atoms with Gasteiger partial charge in [-0.15, -0.1) is 0 Å². The molecule has 1 atom stereocenters. The fourth-order valence-electron chi connectivity index (χ4n) is 1.36. The summed E-state index contributed by atoms with van der Waals surface area (Å²) in [5.74, 6) is 1.25. The van der Waals surface area contributed by atoms with Gasteiger partial charge in [-0.1, -0.05) is 32.4 Å². The van der Waals surface area contributed by atoms with Crippen LogP contribution in [0.25, 0.3) is 0 Å². The highest BCUT2D eigenvalue weighted by atomic mass is 16.5. The number of hydrogen-bond acceptors (Lipinski definition) is 2. The topological polar surface area (TPSA) is 21.6 Å². The van der Waals surface area contributed by atoms with E-state index in [1.165, 1.54) is 6.42 Å². The monoisotopic (exact) mass is 209 g/mol. The van der Waals surface area contributed by atoms with Crippen LogP contribution in [0.5, 0.6) is 0 Å². The molecule has 0 aliphatic rings. The number of rotatable bonds is 8. The molecule has 2 heteroatoms. The lowest BCUT2D eigenvalue weighted by Crippen LogP contribution is -2.03. The summed E-state index contributed by atoms with van der Waals surface area (Å²) >= 11 is 0. The van der Waals surface area contributed by atoms with Crippen molar-refractivity contribution in [2.24, 2.45) is 10.9 Å². The summed E-state index contributed by atoms with van der Waals surface area (Å²) in [5.41, 5.74) is 0. The van der Waals surface area contributed by atoms with E-state index >= 15 is 0 Å². The van der Waals surface area contributed by atoms with Crippen molar-refractivity contribution in [1.29, 1.82) is 0 Å². The first-order valence-electron chi connectivity index (χ1n) is 5.75. The van der Waals surface area contributed by atoms with Gasteiger partial charge in [0.1, 0.15) is 5.76 Å². The second-order valence-corrected chi connectivity index (χ2v) is 3.38. The van der Waals surface area contributed by atoms with Crippen molar-refractivity contribution in [2.75, 3.05) is 6.61 Å². The minimum absolute atomic E-state index is 0.335. The van der Waals surface area contributed by atoms with E-state index in [-0.39, 0.29) is 0 Å². The van der Waals surface area contributed by atoms with E-state index in [2.05, 4.69) is 37.7 Å². The summed E-state index contributed by atoms with van der Waals surface area (Å²) in [6.45, 7) is 10.5. The van der Waals surface area contributed by atoms with Gasteiger partial charge in [0.05, 0.1) is 12.8 Å². The van der Waals surface area contributed by atoms with Gasteiger partial charge in [-0.05, 0) is 26.5 Å². The average molecular weight is 209 g/mol. The minimum atomic E-state index is 0.335. The first-order chi connectivity index (χ1) is 7.29. The molecule has 0 amide bonds. The number of nitrogens with zero attached hydrogens (tertiary/aromatic N) is 1. The number of allylic oxidation sites excluding steroid dienone is 2. The summed E-state index contributed by atoms with van der Waals surface area (Å²) < 4.78 is 5.54. The van der Waals surface area contributed by atoms with Crippen LogP contribution in [0.4, 0.5) is 0 Å². The molecule has 0 N–H and O–H groups in total. The molecule has 2 nitrogen and oxygen atoms in total. The molecule has 0 fully saturated rings. The molecular formula is C13H23NO. The van der Waals surface area contributed by atoms with E-state index in [0.717, 1.165) is 18.6 Å². The molecule has 86 valence electrons. The number of aliphatic imine (C=N–C) groups is 1. The SMILES string of the molecule is C=N/C=C(/OCC)C(C=CCCC)CC. The Morgan fingerprint density at radius 2 is 2.13 bits per heavy atom. The van der Waals surface area contributed by atoms with E-state index in [1.807, 2.05) is 6.92 Å². The maximum Gasteiger partial charge on any atom is 0.121 e. The van der Waals surface area contributed by atoms with Crippen LogP contribution in [-0.2, 0) is 4.74 Å². The number of ether oxygens (including phenoxy) is 1. The molecule has 0 aliphatic carbocycles. The van der Waals surface area contributed by atoms with Crippen LogP contribution in [0, 0.1) is 5.92 Å². The summed E-state index contributed by atoms with van der Waals surface area (Å²) in [6, 6.07) is 0. The van der Waals surface area contributed by atoms with E-state index in [9.17, 15) is 0 Å². The molecule has 0 heterocycles. The summed E-state index contributed by atoms with van der Waals surface area (Å²) in [5, 5.41) is 0. The molecule has 0 radical (unpaired) electrons. The molecule has 1 unspecified atom stereocenters. The van der Waals surface area contributed by atoms with E-state index < -0.39 is 0 Å². The zero-order chi connectivity index (χ0) is 11.5. The van der Waals surface area contributed by atoms with Gasteiger partial charge in [0.2, 0.25) is 0 Å². The molecule has 0 aromatic carbocycles. The van der Waals surface area contributed by atoms with Crippen molar-refractivity contribution in [3.8, 4) is 0 Å². The van der Waals surface area contributed by atoms with Gasteiger partial charge >= 0.3 is 0 Å². The Morgan fingerprint density at radius 3 is 2.60 bits per heavy atom. The molecule has 0 bridgehead atoms. The molecular weight excluding hydrogens is 186 g/mol. The standard InChI is InChI=1S/C13H23NO/c1-5-8-9-10-12(6-2)13(11-14-4)15-7-3/h9-12H,4-8H2,1-3H3/b10-9?,13-11+. The second kappa shape index (κ2) is 9.50. The second-order valence-electron chi connectivity index (χ2n) is 3.38. The fraction of sp³-hybridized carbons (Fsp3) is 0.615. The Bertz CT molecular complexity index is 219. The fourth-order valence-corrected chi connectivity index (χ4v) is 1.36. The van der Waals surface area contributed by atoms with Crippen LogP contribution in [0.1, 0.15) is 40.0 Å². The first kappa shape index (κ1) is 13.9. The maximum absolute atomic E-state index is 5.54. The van der Waals surface area contributed by atoms with Crippen molar-refractivity contribution >= 4 is 6.72 Å². The Morgan fingerprint density at radius 1 is 1.40 bits per heavy atom. The van der Waals surface area contributed by atoms with Crippen molar-refractivity contribution < 1.29 is 4.74 Å². The van der Waals surface area contributed by atoms with Crippen LogP contribution >= 0.6 is 0 Å². The van der Waals surface area contributed by atoms with E-state index in [1.54, 1.807) is 6.20 Å². The summed E-state index contributed by atoms with van der Waals surface area (Å²) in [7, 11) is 0. The van der Waals surface area contributed by atoms with Crippen LogP contribution in [0.2, 0.25) is 0 Å². The van der Waals surface area contributed by atoms with Gasteiger partial charge in [-0.25, -0.2) is 0 Å². The Hall–Kier alpha value is -1.05. The lowest BCUT2D eigenvalue weighted by molar-refractivity contribution is 0.200. The molecule has 15 heavy (non-hydrogen) atoms. The molecule has 0 aromatic heterocycles. The molecule has 0 saturated heterocycles. The highest BCUT2D eigenvalue weighted by molar-refractivity contribution is 5.26. The van der Waals surface area contributed by atoms with Gasteiger partial charge < -0.3 is 4.74 Å². The third kappa shape index (κ3) is 6.10. The maximum atomic E-state index is 5.54. The van der Waals surface area contributed by atoms with Gasteiger partial charge in [-0.3, -0.25) is 4.99 Å². The zero-order valence-electron chi connectivity index (χ0n) is 10.2. The first-order valence-corrected chi connectivity index (χ1v) is 5.75. The van der Waals surface area contributed by atoms with Gasteiger partial charge in [0.15, 0.2) is 0 Å². The normalized spacial score (nSPS) is 14.2. The van der Waals surface area contributed by atoms with Gasteiger partial charge in [0.25, 0.3) is 0 Å². The predicted molar refractivity (Wildman–Crippen MR) is 67.1 cm³/mol. The van der Waals surface area contributed by atoms with Crippen LogP contribution in [-0.4, -0.2) is 13.3 Å². The zero-order valence-corrected chi connectivity index (χ0v) is 10.2. The van der Waals surface area contributed by atoms with Crippen LogP contribution in [0.15, 0.2) is 29.1 Å². The van der Waals surface area contributed by atoms with Crippen LogP contribution in [0.3, 0.4) is 0 Å². The highest BCUT2D eigenvalue weighted by Crippen LogP contribution is 2.18. The van der Waals surface area contributed by atoms with E-state index in [4.69, 9.17) is 4.74 Å². The molecule has 0 rings (SSSR count). The quantitative estimate of drug-likeness (QED) is 0.337. The van der Waals surface area contributed by atoms with Gasteiger partial charge in [-0.2, -0.15) is 0 Å². The van der Waals surface area contributed by atoms with E-state index in [0.29, 0.717) is 12.5 Å². The largest absolute Gasteiger partial charge is 0.496 e. The highest BCUT2D eigenvalue weighted by Gasteiger charge is 2.09. The Balaban J connectivity index is 4.44. The number of unbranched alkanes of at least 4 members (excludes halogenated alkanes) is 1. The Labute approximate surface area is 93.7 Å². The van der Waals surface area contributed by atoms with Crippen molar-refractivity contribution in [3.05, 3.63) is 24.1 Å². The van der Waals surface area contributed by atoms with Crippen molar-refractivity contribution in [2.45, 2.75) is 40.0 Å². The average Bonchev–Trinajstić information content (AvgIpc) is 2.24. The third-order valence-electron chi connectivity index (χ3n) is 2.16. The predicted octanol–water partition coefficient (Wildman–Crippen LogP) is 3.95. The van der Waals surface area contributed by atoms with Crippen molar-refractivity contribution in [3.63, 3.8) is 0 Å². The van der Waals surface area contributed by atoms with Crippen LogP contribution < -0.4 is 0 Å². The minimum Gasteiger partial charge on any atom is -0.496 e. The number of hydrogen-bond donors (Lipinski definition) is 0. The summed E-state index contributed by atoms with van der Waals surface area (Å²) in [6.07, 6.45) is 9.47. The molecule has 0 saturated carbocycles. The molecule has 0 spiro atoms. The molecule has 0 aliphatic heterocycles. The lowest BCUT2D eigenvalue weighted by Gasteiger charge is -2.14. The third-order valence-corrected chi connectivity index (χ3v) is 2.16. The smallest absolute Gasteiger partial charge is 0.121 e. The Kier molecular flexibility index (Phi) is 8.84. The molecule has 0 aromatic rings. The lowest BCUT2D eigenvalue weighted by atomic mass is 10.0.